The molecule has 0 radical (unpaired) electrons. The highest BCUT2D eigenvalue weighted by Gasteiger charge is 2.29. The number of anilines is 1. The fraction of sp³-hybridized carbons (Fsp3) is 0.438. The SMILES string of the molecule is CCc1ccc(C2COCCN2c2ccc3nnc(C(F)F)n3n2)o1. The van der Waals surface area contributed by atoms with Crippen molar-refractivity contribution in [2.45, 2.75) is 25.8 Å². The highest BCUT2D eigenvalue weighted by Crippen LogP contribution is 2.30. The summed E-state index contributed by atoms with van der Waals surface area (Å²) in [6.07, 6.45) is -1.94. The minimum atomic E-state index is -2.74. The smallest absolute Gasteiger partial charge is 0.299 e. The summed E-state index contributed by atoms with van der Waals surface area (Å²) >= 11 is 0. The summed E-state index contributed by atoms with van der Waals surface area (Å²) in [4.78, 5) is 2.00. The summed E-state index contributed by atoms with van der Waals surface area (Å²) in [5.41, 5.74) is 0.287. The zero-order chi connectivity index (χ0) is 17.4. The van der Waals surface area contributed by atoms with Crippen molar-refractivity contribution in [3.8, 4) is 0 Å². The molecule has 4 rings (SSSR count). The zero-order valence-corrected chi connectivity index (χ0v) is 13.6. The molecule has 4 heterocycles. The summed E-state index contributed by atoms with van der Waals surface area (Å²) in [5, 5.41) is 11.6. The third kappa shape index (κ3) is 2.84. The highest BCUT2D eigenvalue weighted by atomic mass is 19.3. The van der Waals surface area contributed by atoms with E-state index in [4.69, 9.17) is 9.15 Å². The van der Waals surface area contributed by atoms with E-state index < -0.39 is 12.2 Å². The average Bonchev–Trinajstić information content (AvgIpc) is 3.28. The van der Waals surface area contributed by atoms with Crippen LogP contribution in [0.2, 0.25) is 0 Å². The fourth-order valence-corrected chi connectivity index (χ4v) is 2.96. The van der Waals surface area contributed by atoms with Crippen LogP contribution in [0.5, 0.6) is 0 Å². The predicted octanol–water partition coefficient (Wildman–Crippen LogP) is 2.80. The molecule has 0 aliphatic carbocycles. The van der Waals surface area contributed by atoms with E-state index in [0.29, 0.717) is 25.6 Å². The number of ether oxygens (including phenoxy) is 1. The van der Waals surface area contributed by atoms with Crippen molar-refractivity contribution < 1.29 is 17.9 Å². The number of hydrogen-bond acceptors (Lipinski definition) is 6. The summed E-state index contributed by atoms with van der Waals surface area (Å²) in [6, 6.07) is 7.08. The molecule has 0 saturated carbocycles. The number of furan rings is 1. The standard InChI is InChI=1S/C16H17F2N5O2/c1-2-10-3-4-12(25-10)11-9-24-8-7-22(11)14-6-5-13-19-20-16(15(17)18)23(13)21-14/h3-6,11,15H,2,7-9H2,1H3. The maximum absolute atomic E-state index is 13.1. The Morgan fingerprint density at radius 3 is 2.88 bits per heavy atom. The van der Waals surface area contributed by atoms with Crippen molar-refractivity contribution in [2.75, 3.05) is 24.7 Å². The molecule has 3 aromatic rings. The molecule has 25 heavy (non-hydrogen) atoms. The van der Waals surface area contributed by atoms with Gasteiger partial charge in [-0.1, -0.05) is 6.92 Å². The van der Waals surface area contributed by atoms with Gasteiger partial charge in [-0.15, -0.1) is 15.3 Å². The largest absolute Gasteiger partial charge is 0.464 e. The molecule has 1 aliphatic rings. The number of fused-ring (bicyclic) bond motifs is 1. The van der Waals surface area contributed by atoms with Crippen molar-refractivity contribution in [1.82, 2.24) is 19.8 Å². The highest BCUT2D eigenvalue weighted by molar-refractivity contribution is 5.47. The summed E-state index contributed by atoms with van der Waals surface area (Å²) in [5.74, 6) is 1.75. The number of rotatable bonds is 4. The lowest BCUT2D eigenvalue weighted by molar-refractivity contribution is 0.0867. The van der Waals surface area contributed by atoms with E-state index in [1.54, 1.807) is 12.1 Å². The number of aryl methyl sites for hydroxylation is 1. The van der Waals surface area contributed by atoms with Gasteiger partial charge in [0.05, 0.1) is 13.2 Å². The van der Waals surface area contributed by atoms with Gasteiger partial charge >= 0.3 is 0 Å². The molecule has 132 valence electrons. The lowest BCUT2D eigenvalue weighted by atomic mass is 10.1. The number of hydrogen-bond donors (Lipinski definition) is 0. The Morgan fingerprint density at radius 1 is 1.24 bits per heavy atom. The Bertz CT molecular complexity index is 878. The second-order valence-corrected chi connectivity index (χ2v) is 5.76. The van der Waals surface area contributed by atoms with Gasteiger partial charge in [0.15, 0.2) is 11.5 Å². The van der Waals surface area contributed by atoms with Crippen LogP contribution in [0, 0.1) is 0 Å². The molecule has 9 heteroatoms. The van der Waals surface area contributed by atoms with Gasteiger partial charge in [0.25, 0.3) is 6.43 Å². The van der Waals surface area contributed by atoms with Crippen LogP contribution in [0.4, 0.5) is 14.6 Å². The molecule has 1 saturated heterocycles. The second-order valence-electron chi connectivity index (χ2n) is 5.76. The minimum Gasteiger partial charge on any atom is -0.464 e. The lowest BCUT2D eigenvalue weighted by Gasteiger charge is -2.35. The van der Waals surface area contributed by atoms with E-state index >= 15 is 0 Å². The van der Waals surface area contributed by atoms with Crippen LogP contribution < -0.4 is 4.90 Å². The third-order valence-corrected chi connectivity index (χ3v) is 4.25. The Balaban J connectivity index is 1.72. The summed E-state index contributed by atoms with van der Waals surface area (Å²) in [7, 11) is 0. The molecule has 7 nitrogen and oxygen atoms in total. The Kier molecular flexibility index (Phi) is 4.08. The predicted molar refractivity (Wildman–Crippen MR) is 84.7 cm³/mol. The van der Waals surface area contributed by atoms with E-state index in [0.717, 1.165) is 22.5 Å². The topological polar surface area (TPSA) is 68.7 Å². The maximum atomic E-state index is 13.1. The van der Waals surface area contributed by atoms with Crippen LogP contribution in [-0.2, 0) is 11.2 Å². The molecular weight excluding hydrogens is 332 g/mol. The first kappa shape index (κ1) is 15.9. The number of aromatic nitrogens is 4. The van der Waals surface area contributed by atoms with E-state index in [9.17, 15) is 8.78 Å². The molecule has 0 aromatic carbocycles. The van der Waals surface area contributed by atoms with Gasteiger partial charge in [-0.25, -0.2) is 8.78 Å². The average molecular weight is 349 g/mol. The van der Waals surface area contributed by atoms with E-state index in [1.165, 1.54) is 0 Å². The summed E-state index contributed by atoms with van der Waals surface area (Å²) < 4.78 is 38.7. The van der Waals surface area contributed by atoms with Crippen molar-refractivity contribution in [3.63, 3.8) is 0 Å². The monoisotopic (exact) mass is 349 g/mol. The number of morpholine rings is 1. The number of nitrogens with zero attached hydrogens (tertiary/aromatic N) is 5. The van der Waals surface area contributed by atoms with E-state index in [1.807, 2.05) is 24.0 Å². The fourth-order valence-electron chi connectivity index (χ4n) is 2.96. The lowest BCUT2D eigenvalue weighted by Crippen LogP contribution is -2.40. The van der Waals surface area contributed by atoms with Gasteiger partial charge in [0.2, 0.25) is 5.82 Å². The van der Waals surface area contributed by atoms with Crippen LogP contribution in [0.15, 0.2) is 28.7 Å². The molecule has 1 aliphatic heterocycles. The van der Waals surface area contributed by atoms with Crippen molar-refractivity contribution in [3.05, 3.63) is 41.6 Å². The van der Waals surface area contributed by atoms with Crippen LogP contribution >= 0.6 is 0 Å². The molecule has 3 aromatic heterocycles. The van der Waals surface area contributed by atoms with E-state index in [-0.39, 0.29) is 11.7 Å². The molecular formula is C16H17F2N5O2. The molecule has 0 bridgehead atoms. The molecule has 1 unspecified atom stereocenters. The van der Waals surface area contributed by atoms with Crippen molar-refractivity contribution in [2.24, 2.45) is 0 Å². The zero-order valence-electron chi connectivity index (χ0n) is 13.6. The number of alkyl halides is 2. The molecule has 1 atom stereocenters. The molecule has 0 spiro atoms. The Morgan fingerprint density at radius 2 is 2.12 bits per heavy atom. The molecule has 0 amide bonds. The van der Waals surface area contributed by atoms with Gasteiger partial charge < -0.3 is 14.1 Å². The van der Waals surface area contributed by atoms with Crippen LogP contribution in [0.1, 0.15) is 36.7 Å². The van der Waals surface area contributed by atoms with Gasteiger partial charge in [-0.2, -0.15) is 4.52 Å². The quantitative estimate of drug-likeness (QED) is 0.721. The van der Waals surface area contributed by atoms with E-state index in [2.05, 4.69) is 15.3 Å². The van der Waals surface area contributed by atoms with Gasteiger partial charge in [-0.3, -0.25) is 0 Å². The normalized spacial score (nSPS) is 18.4. The molecule has 0 N–H and O–H groups in total. The minimum absolute atomic E-state index is 0.162. The van der Waals surface area contributed by atoms with Crippen LogP contribution in [0.3, 0.4) is 0 Å². The van der Waals surface area contributed by atoms with Crippen LogP contribution in [0.25, 0.3) is 5.65 Å². The second kappa shape index (κ2) is 6.40. The summed E-state index contributed by atoms with van der Waals surface area (Å²) in [6.45, 7) is 3.57. The molecule has 1 fully saturated rings. The van der Waals surface area contributed by atoms with Gasteiger partial charge in [-0.05, 0) is 24.3 Å². The first-order valence-corrected chi connectivity index (χ1v) is 8.11. The first-order valence-electron chi connectivity index (χ1n) is 8.11. The van der Waals surface area contributed by atoms with Crippen LogP contribution in [-0.4, -0.2) is 39.6 Å². The number of halogens is 2. The maximum Gasteiger partial charge on any atom is 0.299 e. The van der Waals surface area contributed by atoms with Gasteiger partial charge in [0, 0.05) is 13.0 Å². The third-order valence-electron chi connectivity index (χ3n) is 4.25. The van der Waals surface area contributed by atoms with Gasteiger partial charge in [0.1, 0.15) is 17.6 Å². The Hall–Kier alpha value is -2.55. The first-order chi connectivity index (χ1) is 12.2. The van der Waals surface area contributed by atoms with Crippen molar-refractivity contribution >= 4 is 11.5 Å². The Labute approximate surface area is 142 Å². The van der Waals surface area contributed by atoms with Crippen molar-refractivity contribution in [1.29, 1.82) is 0 Å².